The lowest BCUT2D eigenvalue weighted by Crippen LogP contribution is -2.61. The van der Waals surface area contributed by atoms with E-state index in [0.717, 1.165) is 65.3 Å². The lowest BCUT2D eigenvalue weighted by atomic mass is 9.92. The van der Waals surface area contributed by atoms with Crippen molar-refractivity contribution in [2.75, 3.05) is 42.9 Å². The number of carbonyl (C=O) groups excluding carboxylic acids is 3. The van der Waals surface area contributed by atoms with Crippen molar-refractivity contribution >= 4 is 56.0 Å². The molecule has 0 saturated carbocycles. The molecule has 2 aromatic carbocycles. The van der Waals surface area contributed by atoms with Crippen LogP contribution in [0.25, 0.3) is 10.9 Å². The highest BCUT2D eigenvalue weighted by Crippen LogP contribution is 2.37. The number of anilines is 3. The van der Waals surface area contributed by atoms with Gasteiger partial charge in [-0.2, -0.15) is 5.10 Å². The number of carbonyl (C=O) groups is 3. The topological polar surface area (TPSA) is 172 Å². The van der Waals surface area contributed by atoms with E-state index in [9.17, 15) is 22.8 Å². The minimum absolute atomic E-state index is 0.0134. The summed E-state index contributed by atoms with van der Waals surface area (Å²) in [6.45, 7) is 9.55. The first kappa shape index (κ1) is 37.8. The third kappa shape index (κ3) is 7.81. The minimum atomic E-state index is -3.36. The summed E-state index contributed by atoms with van der Waals surface area (Å²) in [5.74, 6) is -0.589. The number of amides is 3. The van der Waals surface area contributed by atoms with Crippen LogP contribution in [0.1, 0.15) is 74.9 Å². The van der Waals surface area contributed by atoms with Gasteiger partial charge in [0.1, 0.15) is 5.60 Å². The van der Waals surface area contributed by atoms with Gasteiger partial charge in [0.15, 0.2) is 9.84 Å². The van der Waals surface area contributed by atoms with Crippen molar-refractivity contribution in [3.8, 4) is 0 Å². The van der Waals surface area contributed by atoms with Crippen molar-refractivity contribution in [3.05, 3.63) is 71.2 Å². The van der Waals surface area contributed by atoms with E-state index in [1.165, 1.54) is 0 Å². The van der Waals surface area contributed by atoms with E-state index in [2.05, 4.69) is 36.5 Å². The number of nitrogens with zero attached hydrogens (tertiary/aromatic N) is 7. The maximum Gasteiger partial charge on any atom is 0.410 e. The number of sulfone groups is 1. The lowest BCUT2D eigenvalue weighted by molar-refractivity contribution is -0.134. The van der Waals surface area contributed by atoms with Crippen LogP contribution in [0.15, 0.2) is 48.7 Å². The third-order valence-corrected chi connectivity index (χ3v) is 13.5. The Kier molecular flexibility index (Phi) is 9.97. The first-order valence-corrected chi connectivity index (χ1v) is 21.1. The van der Waals surface area contributed by atoms with Crippen LogP contribution in [0.2, 0.25) is 0 Å². The number of rotatable bonds is 8. The van der Waals surface area contributed by atoms with Crippen molar-refractivity contribution in [3.63, 3.8) is 0 Å². The quantitative estimate of drug-likeness (QED) is 0.245. The number of nitrogens with one attached hydrogen (secondary N) is 2. The monoisotopic (exact) mass is 783 g/mol. The largest absolute Gasteiger partial charge is 0.444 e. The Labute approximate surface area is 326 Å². The van der Waals surface area contributed by atoms with Crippen molar-refractivity contribution in [2.45, 2.75) is 88.0 Å². The molecule has 16 heteroatoms. The van der Waals surface area contributed by atoms with Gasteiger partial charge >= 0.3 is 6.09 Å². The molecule has 6 heterocycles. The van der Waals surface area contributed by atoms with Gasteiger partial charge in [-0.15, -0.1) is 0 Å². The average molecular weight is 784 g/mol. The molecule has 0 spiro atoms. The van der Waals surface area contributed by atoms with Gasteiger partial charge in [0.05, 0.1) is 46.1 Å². The Morgan fingerprint density at radius 1 is 1.00 bits per heavy atom. The van der Waals surface area contributed by atoms with Gasteiger partial charge in [0, 0.05) is 56.4 Å². The molecule has 3 saturated heterocycles. The first-order chi connectivity index (χ1) is 26.7. The number of para-hydroxylation sites is 1. The standard InChI is InChI=1S/C40H49N9O6S/c1-40(2,3)55-39(52)48-17-14-26-20-41-38(43-32(26)23-48)42-27-10-8-25(9-11-27)24-56(53,54)29-15-18-47(19-16-29)28-21-49(22-28)33-7-5-6-30-35(45-46(4)36(30)33)31-12-13-34(50)44-37(31)51/h5-11,20,28-29,31H,12-19,21-24H2,1-4H3,(H,41,42,43)(H,44,50,51). The molecule has 1 atom stereocenters. The predicted molar refractivity (Wildman–Crippen MR) is 211 cm³/mol. The van der Waals surface area contributed by atoms with Crippen LogP contribution in [0.5, 0.6) is 0 Å². The van der Waals surface area contributed by atoms with Gasteiger partial charge in [-0.25, -0.2) is 23.2 Å². The number of hydrogen-bond acceptors (Lipinski definition) is 12. The molecule has 8 rings (SSSR count). The van der Waals surface area contributed by atoms with Gasteiger partial charge < -0.3 is 19.9 Å². The third-order valence-electron chi connectivity index (χ3n) is 11.3. The second kappa shape index (κ2) is 14.8. The molecule has 56 heavy (non-hydrogen) atoms. The molecular weight excluding hydrogens is 735 g/mol. The summed E-state index contributed by atoms with van der Waals surface area (Å²) < 4.78 is 34.5. The van der Waals surface area contributed by atoms with E-state index in [1.54, 1.807) is 11.1 Å². The Balaban J connectivity index is 0.828. The maximum atomic E-state index is 13.6. The van der Waals surface area contributed by atoms with Crippen LogP contribution in [0, 0.1) is 0 Å². The molecule has 2 aromatic heterocycles. The summed E-state index contributed by atoms with van der Waals surface area (Å²) in [6, 6.07) is 13.7. The number of hydrogen-bond donors (Lipinski definition) is 2. The molecule has 4 aromatic rings. The van der Waals surface area contributed by atoms with Gasteiger partial charge in [0.2, 0.25) is 17.8 Å². The Hall–Kier alpha value is -5.09. The van der Waals surface area contributed by atoms with E-state index < -0.39 is 21.4 Å². The molecular formula is C40H49N9O6S. The maximum absolute atomic E-state index is 13.6. The van der Waals surface area contributed by atoms with Crippen molar-refractivity contribution in [1.29, 1.82) is 0 Å². The molecule has 4 aliphatic heterocycles. The van der Waals surface area contributed by atoms with Gasteiger partial charge in [-0.1, -0.05) is 24.3 Å². The average Bonchev–Trinajstić information content (AvgIpc) is 3.47. The number of imide groups is 1. The summed E-state index contributed by atoms with van der Waals surface area (Å²) in [5.41, 5.74) is 5.41. The Morgan fingerprint density at radius 3 is 2.46 bits per heavy atom. The first-order valence-electron chi connectivity index (χ1n) is 19.4. The number of ether oxygens (including phenoxy) is 1. The summed E-state index contributed by atoms with van der Waals surface area (Å²) in [4.78, 5) is 52.5. The van der Waals surface area contributed by atoms with E-state index >= 15 is 0 Å². The van der Waals surface area contributed by atoms with E-state index in [0.29, 0.717) is 62.9 Å². The molecule has 2 N–H and O–H groups in total. The second-order valence-corrected chi connectivity index (χ2v) is 18.7. The molecule has 3 fully saturated rings. The minimum Gasteiger partial charge on any atom is -0.444 e. The van der Waals surface area contributed by atoms with Crippen LogP contribution in [0.3, 0.4) is 0 Å². The van der Waals surface area contributed by atoms with E-state index in [-0.39, 0.29) is 28.9 Å². The smallest absolute Gasteiger partial charge is 0.410 e. The highest BCUT2D eigenvalue weighted by molar-refractivity contribution is 7.91. The van der Waals surface area contributed by atoms with Crippen LogP contribution >= 0.6 is 0 Å². The fourth-order valence-corrected chi connectivity index (χ4v) is 10.1. The van der Waals surface area contributed by atoms with Crippen LogP contribution in [-0.4, -0.2) is 105 Å². The molecule has 0 bridgehead atoms. The molecule has 0 radical (unpaired) electrons. The number of fused-ring (bicyclic) bond motifs is 2. The fraction of sp³-hybridized carbons (Fsp3) is 0.500. The number of likely N-dealkylation sites (tertiary alicyclic amines) is 1. The highest BCUT2D eigenvalue weighted by Gasteiger charge is 2.39. The second-order valence-electron chi connectivity index (χ2n) is 16.4. The molecule has 3 amide bonds. The van der Waals surface area contributed by atoms with Crippen LogP contribution in [-0.2, 0) is 49.9 Å². The Morgan fingerprint density at radius 2 is 1.75 bits per heavy atom. The Bertz CT molecular complexity index is 2270. The molecule has 296 valence electrons. The van der Waals surface area contributed by atoms with Crippen LogP contribution in [0.4, 0.5) is 22.1 Å². The van der Waals surface area contributed by atoms with Gasteiger partial charge in [0.25, 0.3) is 0 Å². The summed E-state index contributed by atoms with van der Waals surface area (Å²) >= 11 is 0. The van der Waals surface area contributed by atoms with Crippen molar-refractivity contribution < 1.29 is 27.5 Å². The number of aromatic nitrogens is 4. The zero-order valence-electron chi connectivity index (χ0n) is 32.3. The molecule has 0 aliphatic carbocycles. The molecule has 15 nitrogen and oxygen atoms in total. The molecule has 4 aliphatic rings. The zero-order valence-corrected chi connectivity index (χ0v) is 33.1. The summed E-state index contributed by atoms with van der Waals surface area (Å²) in [5, 5.41) is 11.0. The van der Waals surface area contributed by atoms with Gasteiger partial charge in [-0.3, -0.25) is 24.5 Å². The number of benzene rings is 2. The van der Waals surface area contributed by atoms with Gasteiger partial charge in [-0.05, 0) is 88.9 Å². The molecule has 1 unspecified atom stereocenters. The van der Waals surface area contributed by atoms with Crippen LogP contribution < -0.4 is 15.5 Å². The summed E-state index contributed by atoms with van der Waals surface area (Å²) in [7, 11) is -1.47. The number of aryl methyl sites for hydroxylation is 1. The van der Waals surface area contributed by atoms with Crippen molar-refractivity contribution in [2.24, 2.45) is 7.05 Å². The van der Waals surface area contributed by atoms with Crippen molar-refractivity contribution in [1.82, 2.24) is 34.9 Å². The predicted octanol–water partition coefficient (Wildman–Crippen LogP) is 4.19. The lowest BCUT2D eigenvalue weighted by Gasteiger charge is -2.48. The SMILES string of the molecule is Cn1nc(C2CCC(=O)NC2=O)c2cccc(N3CC(N4CCC(S(=O)(=O)Cc5ccc(Nc6ncc7c(n6)CN(C(=O)OC(C)(C)C)CC7)cc5)CC4)C3)c21. The van der Waals surface area contributed by atoms with E-state index in [1.807, 2.05) is 68.9 Å². The fourth-order valence-electron chi connectivity index (χ4n) is 8.30. The normalized spacial score (nSPS) is 20.1. The zero-order chi connectivity index (χ0) is 39.4. The highest BCUT2D eigenvalue weighted by atomic mass is 32.2. The van der Waals surface area contributed by atoms with E-state index in [4.69, 9.17) is 9.84 Å². The summed E-state index contributed by atoms with van der Waals surface area (Å²) in [6.07, 6.45) is 4.04. The number of piperidine rings is 2.